The number of carbonyl (C=O) groups excluding carboxylic acids is 2. The number of amides is 1. The Balaban J connectivity index is 1.86. The molecule has 2 aromatic carbocycles. The standard InChI is InChI=1S/C18H17F2NO4/c1-11(17(22)21-15-7-3-13(19)4-8-15)25-18(23)12(2)24-16-9-5-14(20)6-10-16/h3-12H,1-2H3,(H,21,22)/t11-,12-/m0/s1. The summed E-state index contributed by atoms with van der Waals surface area (Å²) in [5.41, 5.74) is 0.380. The van der Waals surface area contributed by atoms with Gasteiger partial charge in [0.2, 0.25) is 0 Å². The Morgan fingerprint density at radius 1 is 0.880 bits per heavy atom. The number of ether oxygens (including phenoxy) is 2. The highest BCUT2D eigenvalue weighted by Gasteiger charge is 2.23. The number of anilines is 1. The predicted octanol–water partition coefficient (Wildman–Crippen LogP) is 3.30. The molecule has 0 fully saturated rings. The van der Waals surface area contributed by atoms with Crippen LogP contribution in [0.25, 0.3) is 0 Å². The van der Waals surface area contributed by atoms with E-state index in [1.165, 1.54) is 62.4 Å². The van der Waals surface area contributed by atoms with Gasteiger partial charge in [0.1, 0.15) is 17.4 Å². The Hall–Kier alpha value is -2.96. The van der Waals surface area contributed by atoms with E-state index >= 15 is 0 Å². The van der Waals surface area contributed by atoms with Gasteiger partial charge in [0.15, 0.2) is 12.2 Å². The number of hydrogen-bond donors (Lipinski definition) is 1. The van der Waals surface area contributed by atoms with Crippen molar-refractivity contribution in [1.82, 2.24) is 0 Å². The third-order valence-corrected chi connectivity index (χ3v) is 3.23. The maximum Gasteiger partial charge on any atom is 0.347 e. The maximum atomic E-state index is 12.8. The smallest absolute Gasteiger partial charge is 0.347 e. The van der Waals surface area contributed by atoms with Gasteiger partial charge < -0.3 is 14.8 Å². The van der Waals surface area contributed by atoms with E-state index in [0.717, 1.165) is 0 Å². The summed E-state index contributed by atoms with van der Waals surface area (Å²) < 4.78 is 36.0. The van der Waals surface area contributed by atoms with E-state index in [1.54, 1.807) is 0 Å². The zero-order chi connectivity index (χ0) is 18.4. The summed E-state index contributed by atoms with van der Waals surface area (Å²) in [4.78, 5) is 24.0. The fourth-order valence-electron chi connectivity index (χ4n) is 1.87. The molecule has 5 nitrogen and oxygen atoms in total. The number of nitrogens with one attached hydrogen (secondary N) is 1. The molecule has 2 aromatic rings. The fourth-order valence-corrected chi connectivity index (χ4v) is 1.87. The Bertz CT molecular complexity index is 732. The second-order valence-electron chi connectivity index (χ2n) is 5.29. The van der Waals surface area contributed by atoms with Crippen LogP contribution in [0.1, 0.15) is 13.8 Å². The Morgan fingerprint density at radius 2 is 1.40 bits per heavy atom. The SMILES string of the molecule is C[C@H](OC(=O)[C@H](C)Oc1ccc(F)cc1)C(=O)Nc1ccc(F)cc1. The first-order chi connectivity index (χ1) is 11.8. The van der Waals surface area contributed by atoms with Crippen molar-refractivity contribution in [2.45, 2.75) is 26.1 Å². The quantitative estimate of drug-likeness (QED) is 0.813. The molecule has 0 aliphatic rings. The van der Waals surface area contributed by atoms with E-state index < -0.39 is 35.7 Å². The minimum absolute atomic E-state index is 0.300. The van der Waals surface area contributed by atoms with Crippen molar-refractivity contribution in [3.05, 3.63) is 60.2 Å². The molecule has 7 heteroatoms. The topological polar surface area (TPSA) is 64.6 Å². The summed E-state index contributed by atoms with van der Waals surface area (Å²) in [6.45, 7) is 2.86. The molecule has 0 heterocycles. The summed E-state index contributed by atoms with van der Waals surface area (Å²) in [7, 11) is 0. The van der Waals surface area contributed by atoms with Gasteiger partial charge in [-0.1, -0.05) is 0 Å². The lowest BCUT2D eigenvalue weighted by Gasteiger charge is -2.17. The fraction of sp³-hybridized carbons (Fsp3) is 0.222. The number of halogens is 2. The molecular formula is C18H17F2NO4. The van der Waals surface area contributed by atoms with E-state index in [9.17, 15) is 18.4 Å². The van der Waals surface area contributed by atoms with Crippen LogP contribution in [0.2, 0.25) is 0 Å². The average Bonchev–Trinajstić information content (AvgIpc) is 2.58. The highest BCUT2D eigenvalue weighted by atomic mass is 19.1. The normalized spacial score (nSPS) is 12.8. The predicted molar refractivity (Wildman–Crippen MR) is 87.1 cm³/mol. The molecule has 0 saturated heterocycles. The van der Waals surface area contributed by atoms with Gasteiger partial charge in [0.25, 0.3) is 5.91 Å². The molecule has 0 aromatic heterocycles. The van der Waals surface area contributed by atoms with Crippen molar-refractivity contribution in [3.63, 3.8) is 0 Å². The number of carbonyl (C=O) groups is 2. The van der Waals surface area contributed by atoms with Crippen molar-refractivity contribution in [2.24, 2.45) is 0 Å². The highest BCUT2D eigenvalue weighted by molar-refractivity contribution is 5.95. The molecule has 1 amide bonds. The monoisotopic (exact) mass is 349 g/mol. The van der Waals surface area contributed by atoms with Gasteiger partial charge in [-0.3, -0.25) is 4.79 Å². The summed E-state index contributed by atoms with van der Waals surface area (Å²) in [5.74, 6) is -1.85. The largest absolute Gasteiger partial charge is 0.479 e. The first-order valence-corrected chi connectivity index (χ1v) is 7.54. The van der Waals surface area contributed by atoms with Gasteiger partial charge in [0.05, 0.1) is 0 Å². The van der Waals surface area contributed by atoms with Crippen LogP contribution in [0, 0.1) is 11.6 Å². The van der Waals surface area contributed by atoms with Crippen molar-refractivity contribution in [3.8, 4) is 5.75 Å². The molecule has 132 valence electrons. The molecule has 0 spiro atoms. The minimum Gasteiger partial charge on any atom is -0.479 e. The lowest BCUT2D eigenvalue weighted by atomic mass is 10.3. The van der Waals surface area contributed by atoms with Crippen LogP contribution in [0.15, 0.2) is 48.5 Å². The van der Waals surface area contributed by atoms with E-state index in [2.05, 4.69) is 5.32 Å². The van der Waals surface area contributed by atoms with Crippen molar-refractivity contribution >= 4 is 17.6 Å². The van der Waals surface area contributed by atoms with Gasteiger partial charge in [-0.15, -0.1) is 0 Å². The van der Waals surface area contributed by atoms with Crippen LogP contribution in [-0.4, -0.2) is 24.1 Å². The molecule has 0 radical (unpaired) electrons. The Kier molecular flexibility index (Phi) is 6.05. The van der Waals surface area contributed by atoms with E-state index in [-0.39, 0.29) is 0 Å². The second-order valence-corrected chi connectivity index (χ2v) is 5.29. The van der Waals surface area contributed by atoms with Crippen molar-refractivity contribution in [1.29, 1.82) is 0 Å². The first kappa shape index (κ1) is 18.4. The molecule has 0 saturated carbocycles. The molecule has 0 aliphatic heterocycles. The molecule has 0 bridgehead atoms. The van der Waals surface area contributed by atoms with Gasteiger partial charge in [-0.2, -0.15) is 0 Å². The average molecular weight is 349 g/mol. The third-order valence-electron chi connectivity index (χ3n) is 3.23. The molecule has 0 aliphatic carbocycles. The lowest BCUT2D eigenvalue weighted by molar-refractivity contribution is -0.159. The number of esters is 1. The summed E-state index contributed by atoms with van der Waals surface area (Å²) in [5, 5.41) is 2.50. The molecule has 0 unspecified atom stereocenters. The summed E-state index contributed by atoms with van der Waals surface area (Å²) in [6, 6.07) is 10.3. The van der Waals surface area contributed by atoms with Crippen LogP contribution in [-0.2, 0) is 14.3 Å². The first-order valence-electron chi connectivity index (χ1n) is 7.54. The van der Waals surface area contributed by atoms with Gasteiger partial charge in [0, 0.05) is 5.69 Å². The van der Waals surface area contributed by atoms with Crippen LogP contribution in [0.4, 0.5) is 14.5 Å². The molecule has 25 heavy (non-hydrogen) atoms. The summed E-state index contributed by atoms with van der Waals surface area (Å²) >= 11 is 0. The highest BCUT2D eigenvalue weighted by Crippen LogP contribution is 2.14. The Labute approximate surface area is 143 Å². The second kappa shape index (κ2) is 8.23. The lowest BCUT2D eigenvalue weighted by Crippen LogP contribution is -2.35. The molecule has 2 rings (SSSR count). The summed E-state index contributed by atoms with van der Waals surface area (Å²) in [6.07, 6.45) is -2.05. The molecule has 2 atom stereocenters. The van der Waals surface area contributed by atoms with Gasteiger partial charge >= 0.3 is 5.97 Å². The van der Waals surface area contributed by atoms with Crippen molar-refractivity contribution < 1.29 is 27.8 Å². The van der Waals surface area contributed by atoms with Crippen molar-refractivity contribution in [2.75, 3.05) is 5.32 Å². The third kappa shape index (κ3) is 5.56. The van der Waals surface area contributed by atoms with E-state index in [0.29, 0.717) is 11.4 Å². The zero-order valence-corrected chi connectivity index (χ0v) is 13.7. The van der Waals surface area contributed by atoms with Gasteiger partial charge in [-0.05, 0) is 62.4 Å². The van der Waals surface area contributed by atoms with Crippen LogP contribution in [0.5, 0.6) is 5.75 Å². The van der Waals surface area contributed by atoms with Crippen LogP contribution in [0.3, 0.4) is 0 Å². The van der Waals surface area contributed by atoms with Crippen LogP contribution >= 0.6 is 0 Å². The van der Waals surface area contributed by atoms with E-state index in [4.69, 9.17) is 9.47 Å². The van der Waals surface area contributed by atoms with E-state index in [1.807, 2.05) is 0 Å². The molecular weight excluding hydrogens is 332 g/mol. The number of rotatable bonds is 6. The maximum absolute atomic E-state index is 12.8. The van der Waals surface area contributed by atoms with Crippen LogP contribution < -0.4 is 10.1 Å². The zero-order valence-electron chi connectivity index (χ0n) is 13.7. The minimum atomic E-state index is -1.07. The Morgan fingerprint density at radius 3 is 1.96 bits per heavy atom. The van der Waals surface area contributed by atoms with Gasteiger partial charge in [-0.25, -0.2) is 13.6 Å². The number of benzene rings is 2. The number of hydrogen-bond acceptors (Lipinski definition) is 4. The molecule has 1 N–H and O–H groups in total.